The summed E-state index contributed by atoms with van der Waals surface area (Å²) in [4.78, 5) is 43.8. The lowest BCUT2D eigenvalue weighted by molar-refractivity contribution is -0.119. The van der Waals surface area contributed by atoms with Crippen molar-refractivity contribution in [2.75, 3.05) is 5.32 Å². The predicted octanol–water partition coefficient (Wildman–Crippen LogP) is 4.88. The van der Waals surface area contributed by atoms with Crippen molar-refractivity contribution in [2.45, 2.75) is 53.2 Å². The largest absolute Gasteiger partial charge is 0.459 e. The summed E-state index contributed by atoms with van der Waals surface area (Å²) in [5, 5.41) is 3.68. The van der Waals surface area contributed by atoms with Crippen LogP contribution >= 0.6 is 22.9 Å². The van der Waals surface area contributed by atoms with Crippen molar-refractivity contribution >= 4 is 50.7 Å². The Morgan fingerprint density at radius 1 is 1.29 bits per heavy atom. The molecule has 0 fully saturated rings. The number of amides is 1. The molecule has 0 spiro atoms. The van der Waals surface area contributed by atoms with Crippen molar-refractivity contribution in [2.24, 2.45) is 0 Å². The molecule has 31 heavy (non-hydrogen) atoms. The number of rotatable bonds is 6. The molecule has 1 unspecified atom stereocenters. The van der Waals surface area contributed by atoms with E-state index in [9.17, 15) is 14.4 Å². The number of benzene rings is 1. The number of hydrogen-bond donors (Lipinski definition) is 1. The number of ether oxygens (including phenoxy) is 1. The number of esters is 1. The zero-order valence-electron chi connectivity index (χ0n) is 18.0. The van der Waals surface area contributed by atoms with Crippen LogP contribution in [0.4, 0.5) is 5.69 Å². The number of nitrogens with one attached hydrogen (secondary N) is 1. The minimum Gasteiger partial charge on any atom is -0.459 e. The van der Waals surface area contributed by atoms with E-state index in [4.69, 9.17) is 16.3 Å². The van der Waals surface area contributed by atoms with E-state index in [1.54, 1.807) is 32.9 Å². The highest BCUT2D eigenvalue weighted by Gasteiger charge is 2.25. The third-order valence-electron chi connectivity index (χ3n) is 4.89. The molecule has 3 aromatic rings. The second-order valence-corrected chi connectivity index (χ2v) is 8.96. The summed E-state index contributed by atoms with van der Waals surface area (Å²) in [7, 11) is 0. The molecule has 7 nitrogen and oxygen atoms in total. The lowest BCUT2D eigenvalue weighted by Crippen LogP contribution is -2.33. The Kier molecular flexibility index (Phi) is 6.81. The number of carbonyl (C=O) groups is 2. The van der Waals surface area contributed by atoms with Crippen LogP contribution < -0.4 is 10.9 Å². The van der Waals surface area contributed by atoms with Crippen LogP contribution in [0, 0.1) is 13.8 Å². The van der Waals surface area contributed by atoms with Gasteiger partial charge in [0.2, 0.25) is 5.91 Å². The van der Waals surface area contributed by atoms with Crippen LogP contribution in [-0.2, 0) is 9.53 Å². The Morgan fingerprint density at radius 2 is 2.00 bits per heavy atom. The van der Waals surface area contributed by atoms with E-state index in [0.29, 0.717) is 37.8 Å². The van der Waals surface area contributed by atoms with E-state index < -0.39 is 12.0 Å². The molecule has 1 atom stereocenters. The predicted molar refractivity (Wildman–Crippen MR) is 123 cm³/mol. The molecule has 0 saturated heterocycles. The summed E-state index contributed by atoms with van der Waals surface area (Å²) in [6, 6.07) is 4.45. The second kappa shape index (κ2) is 9.20. The first-order valence-electron chi connectivity index (χ1n) is 9.92. The van der Waals surface area contributed by atoms with Gasteiger partial charge in [-0.2, -0.15) is 0 Å². The topological polar surface area (TPSA) is 90.3 Å². The summed E-state index contributed by atoms with van der Waals surface area (Å²) in [6.07, 6.45) is 1.46. The minimum atomic E-state index is -0.770. The van der Waals surface area contributed by atoms with Crippen LogP contribution in [0.5, 0.6) is 0 Å². The molecule has 1 aromatic carbocycles. The van der Waals surface area contributed by atoms with Gasteiger partial charge in [0.1, 0.15) is 15.7 Å². The van der Waals surface area contributed by atoms with E-state index >= 15 is 0 Å². The van der Waals surface area contributed by atoms with E-state index in [-0.39, 0.29) is 17.6 Å². The lowest BCUT2D eigenvalue weighted by Gasteiger charge is -2.18. The molecule has 3 rings (SSSR count). The van der Waals surface area contributed by atoms with Crippen molar-refractivity contribution in [3.05, 3.63) is 55.9 Å². The van der Waals surface area contributed by atoms with Crippen LogP contribution in [0.3, 0.4) is 0 Å². The maximum Gasteiger partial charge on any atom is 0.348 e. The number of thiophene rings is 1. The highest BCUT2D eigenvalue weighted by Crippen LogP contribution is 2.29. The third kappa shape index (κ3) is 4.65. The number of hydrogen-bond acceptors (Lipinski definition) is 6. The normalized spacial score (nSPS) is 12.2. The zero-order valence-corrected chi connectivity index (χ0v) is 19.6. The van der Waals surface area contributed by atoms with Gasteiger partial charge in [0.15, 0.2) is 0 Å². The van der Waals surface area contributed by atoms with Crippen LogP contribution in [0.15, 0.2) is 29.3 Å². The van der Waals surface area contributed by atoms with E-state index in [1.807, 2.05) is 19.9 Å². The van der Waals surface area contributed by atoms with E-state index in [0.717, 1.165) is 16.9 Å². The molecule has 0 saturated carbocycles. The fourth-order valence-corrected chi connectivity index (χ4v) is 4.47. The van der Waals surface area contributed by atoms with Gasteiger partial charge in [-0.05, 0) is 57.4 Å². The molecular weight excluding hydrogens is 438 g/mol. The number of carbonyl (C=O) groups excluding carboxylic acids is 2. The molecule has 0 aliphatic carbocycles. The monoisotopic (exact) mass is 461 g/mol. The first kappa shape index (κ1) is 23.0. The summed E-state index contributed by atoms with van der Waals surface area (Å²) in [5.74, 6) is -0.828. The van der Waals surface area contributed by atoms with Crippen molar-refractivity contribution < 1.29 is 14.3 Å². The summed E-state index contributed by atoms with van der Waals surface area (Å²) in [6.45, 7) is 8.89. The van der Waals surface area contributed by atoms with Gasteiger partial charge in [-0.1, -0.05) is 24.6 Å². The summed E-state index contributed by atoms with van der Waals surface area (Å²) >= 11 is 7.16. The number of aromatic nitrogens is 2. The molecule has 2 heterocycles. The fourth-order valence-electron chi connectivity index (χ4n) is 3.27. The highest BCUT2D eigenvalue weighted by molar-refractivity contribution is 7.20. The van der Waals surface area contributed by atoms with E-state index in [1.165, 1.54) is 10.9 Å². The first-order valence-corrected chi connectivity index (χ1v) is 11.1. The molecule has 1 amide bonds. The standard InChI is InChI=1S/C22H24ClN3O4S/c1-6-16(19(27)25-15-9-14(23)8-7-12(15)4)26-10-24-20-17(21(26)28)13(5)18(31-20)22(29)30-11(2)3/h7-11,16H,6H2,1-5H3,(H,25,27). The molecule has 9 heteroatoms. The average Bonchev–Trinajstić information content (AvgIpc) is 3.04. The van der Waals surface area contributed by atoms with Crippen molar-refractivity contribution in [1.82, 2.24) is 9.55 Å². The first-order chi connectivity index (χ1) is 14.6. The van der Waals surface area contributed by atoms with Crippen molar-refractivity contribution in [3.8, 4) is 0 Å². The molecule has 164 valence electrons. The molecular formula is C22H24ClN3O4S. The van der Waals surface area contributed by atoms with Gasteiger partial charge in [0, 0.05) is 10.7 Å². The quantitative estimate of drug-likeness (QED) is 0.528. The maximum atomic E-state index is 13.3. The Labute approximate surface area is 189 Å². The SMILES string of the molecule is CCC(C(=O)Nc1cc(Cl)ccc1C)n1cnc2sc(C(=O)OC(C)C)c(C)c2c1=O. The molecule has 1 N–H and O–H groups in total. The number of halogens is 1. The Morgan fingerprint density at radius 3 is 2.65 bits per heavy atom. The van der Waals surface area contributed by atoms with Gasteiger partial charge in [-0.15, -0.1) is 11.3 Å². The molecule has 0 bridgehead atoms. The van der Waals surface area contributed by atoms with Gasteiger partial charge in [-0.25, -0.2) is 9.78 Å². The van der Waals surface area contributed by atoms with Gasteiger partial charge in [0.05, 0.1) is 17.8 Å². The minimum absolute atomic E-state index is 0.273. The Hall–Kier alpha value is -2.71. The molecule has 0 radical (unpaired) electrons. The number of anilines is 1. The molecule has 0 aliphatic heterocycles. The maximum absolute atomic E-state index is 13.3. The van der Waals surface area contributed by atoms with Crippen LogP contribution in [0.1, 0.15) is 54.0 Å². The summed E-state index contributed by atoms with van der Waals surface area (Å²) in [5.41, 5.74) is 1.59. The number of aryl methyl sites for hydroxylation is 2. The number of nitrogens with zero attached hydrogens (tertiary/aromatic N) is 2. The van der Waals surface area contributed by atoms with Crippen molar-refractivity contribution in [3.63, 3.8) is 0 Å². The fraction of sp³-hybridized carbons (Fsp3) is 0.364. The third-order valence-corrected chi connectivity index (χ3v) is 6.30. The Balaban J connectivity index is 2.00. The van der Waals surface area contributed by atoms with Crippen molar-refractivity contribution in [1.29, 1.82) is 0 Å². The number of fused-ring (bicyclic) bond motifs is 1. The highest BCUT2D eigenvalue weighted by atomic mass is 35.5. The average molecular weight is 462 g/mol. The molecule has 2 aromatic heterocycles. The van der Waals surface area contributed by atoms with Crippen LogP contribution in [-0.4, -0.2) is 27.5 Å². The van der Waals surface area contributed by atoms with E-state index in [2.05, 4.69) is 10.3 Å². The van der Waals surface area contributed by atoms with Crippen LogP contribution in [0.2, 0.25) is 5.02 Å². The summed E-state index contributed by atoms with van der Waals surface area (Å²) < 4.78 is 6.59. The van der Waals surface area contributed by atoms with Crippen LogP contribution in [0.25, 0.3) is 10.2 Å². The lowest BCUT2D eigenvalue weighted by atomic mass is 10.1. The van der Waals surface area contributed by atoms with Gasteiger partial charge in [-0.3, -0.25) is 14.2 Å². The second-order valence-electron chi connectivity index (χ2n) is 7.52. The molecule has 0 aliphatic rings. The van der Waals surface area contributed by atoms with Gasteiger partial charge < -0.3 is 10.1 Å². The Bertz CT molecular complexity index is 1220. The van der Waals surface area contributed by atoms with Gasteiger partial charge in [0.25, 0.3) is 5.56 Å². The smallest absolute Gasteiger partial charge is 0.348 e. The zero-order chi connectivity index (χ0) is 22.9. The van der Waals surface area contributed by atoms with Gasteiger partial charge >= 0.3 is 5.97 Å².